The second-order valence-corrected chi connectivity index (χ2v) is 7.66. The molecule has 1 aromatic heterocycles. The number of aromatic nitrogens is 2. The van der Waals surface area contributed by atoms with E-state index < -0.39 is 40.0 Å². The van der Waals surface area contributed by atoms with Gasteiger partial charge in [0, 0.05) is 0 Å². The van der Waals surface area contributed by atoms with Crippen molar-refractivity contribution in [2.45, 2.75) is 51.2 Å². The summed E-state index contributed by atoms with van der Waals surface area (Å²) in [6, 6.07) is 6.68. The molecule has 0 unspecified atom stereocenters. The molecule has 1 heterocycles. The lowest BCUT2D eigenvalue weighted by Gasteiger charge is -2.23. The lowest BCUT2D eigenvalue weighted by molar-refractivity contribution is -0.386. The van der Waals surface area contributed by atoms with E-state index in [1.165, 1.54) is 0 Å². The van der Waals surface area contributed by atoms with Gasteiger partial charge in [-0.25, -0.2) is 18.3 Å². The molecule has 0 aliphatic heterocycles. The van der Waals surface area contributed by atoms with Gasteiger partial charge in [0.15, 0.2) is 0 Å². The van der Waals surface area contributed by atoms with E-state index in [-0.39, 0.29) is 0 Å². The fourth-order valence-electron chi connectivity index (χ4n) is 2.85. The number of benzene rings is 1. The Hall–Kier alpha value is -3.04. The van der Waals surface area contributed by atoms with Crippen molar-refractivity contribution in [3.8, 4) is 5.69 Å². The first-order valence-electron chi connectivity index (χ1n) is 8.65. The highest BCUT2D eigenvalue weighted by Gasteiger charge is 2.46. The average molecular weight is 394 g/mol. The lowest BCUT2D eigenvalue weighted by atomic mass is 10.0. The van der Waals surface area contributed by atoms with Crippen LogP contribution in [0.5, 0.6) is 0 Å². The van der Waals surface area contributed by atoms with E-state index >= 15 is 0 Å². The SMILES string of the molecule is CC(C)(C)OC(=O)NC1(c2ccc(-n3cc([N+](=O)[O-])c(C(F)F)n3)cc2)CC1. The maximum atomic E-state index is 13.0. The summed E-state index contributed by atoms with van der Waals surface area (Å²) in [7, 11) is 0. The first kappa shape index (κ1) is 19.7. The number of halogens is 2. The van der Waals surface area contributed by atoms with Crippen LogP contribution in [0.1, 0.15) is 51.3 Å². The molecular weight excluding hydrogens is 374 g/mol. The second kappa shape index (κ2) is 6.84. The highest BCUT2D eigenvalue weighted by Crippen LogP contribution is 2.45. The molecule has 0 saturated heterocycles. The van der Waals surface area contributed by atoms with Crippen molar-refractivity contribution < 1.29 is 23.2 Å². The van der Waals surface area contributed by atoms with Crippen LogP contribution in [0.3, 0.4) is 0 Å². The first-order valence-corrected chi connectivity index (χ1v) is 8.65. The van der Waals surface area contributed by atoms with Crippen LogP contribution in [0.25, 0.3) is 5.69 Å². The number of nitro groups is 1. The Morgan fingerprint density at radius 1 is 1.32 bits per heavy atom. The largest absolute Gasteiger partial charge is 0.444 e. The summed E-state index contributed by atoms with van der Waals surface area (Å²) < 4.78 is 32.2. The van der Waals surface area contributed by atoms with Crippen LogP contribution in [0, 0.1) is 10.1 Å². The molecule has 0 radical (unpaired) electrons. The third kappa shape index (κ3) is 4.10. The maximum Gasteiger partial charge on any atom is 0.408 e. The number of nitrogens with zero attached hydrogens (tertiary/aromatic N) is 3. The molecule has 0 bridgehead atoms. The number of rotatable bonds is 5. The number of amides is 1. The smallest absolute Gasteiger partial charge is 0.408 e. The molecule has 1 aliphatic rings. The molecule has 1 amide bonds. The fraction of sp³-hybridized carbons (Fsp3) is 0.444. The van der Waals surface area contributed by atoms with Crippen molar-refractivity contribution in [1.82, 2.24) is 15.1 Å². The third-order valence-corrected chi connectivity index (χ3v) is 4.30. The summed E-state index contributed by atoms with van der Waals surface area (Å²) in [6.07, 6.45) is -1.11. The van der Waals surface area contributed by atoms with Crippen molar-refractivity contribution in [1.29, 1.82) is 0 Å². The molecular formula is C18H20F2N4O4. The molecule has 1 aromatic carbocycles. The van der Waals surface area contributed by atoms with Crippen molar-refractivity contribution >= 4 is 11.8 Å². The van der Waals surface area contributed by atoms with Gasteiger partial charge in [-0.1, -0.05) is 12.1 Å². The van der Waals surface area contributed by atoms with E-state index in [0.717, 1.165) is 29.3 Å². The van der Waals surface area contributed by atoms with Crippen LogP contribution in [-0.4, -0.2) is 26.4 Å². The van der Waals surface area contributed by atoms with E-state index in [2.05, 4.69) is 10.4 Å². The predicted octanol–water partition coefficient (Wildman–Crippen LogP) is 4.23. The van der Waals surface area contributed by atoms with Crippen molar-refractivity contribution in [2.75, 3.05) is 0 Å². The Balaban J connectivity index is 1.80. The predicted molar refractivity (Wildman–Crippen MR) is 95.5 cm³/mol. The number of nitrogens with one attached hydrogen (secondary N) is 1. The van der Waals surface area contributed by atoms with Gasteiger partial charge in [-0.15, -0.1) is 0 Å². The maximum absolute atomic E-state index is 13.0. The van der Waals surface area contributed by atoms with Crippen LogP contribution >= 0.6 is 0 Å². The summed E-state index contributed by atoms with van der Waals surface area (Å²) >= 11 is 0. The molecule has 2 aromatic rings. The summed E-state index contributed by atoms with van der Waals surface area (Å²) in [6.45, 7) is 5.33. The molecule has 0 atom stereocenters. The van der Waals surface area contributed by atoms with E-state index in [0.29, 0.717) is 5.69 Å². The minimum atomic E-state index is -3.05. The van der Waals surface area contributed by atoms with Gasteiger partial charge < -0.3 is 10.1 Å². The summed E-state index contributed by atoms with van der Waals surface area (Å²) in [5.74, 6) is 0. The van der Waals surface area contributed by atoms with Crippen molar-refractivity contribution in [3.63, 3.8) is 0 Å². The van der Waals surface area contributed by atoms with Crippen molar-refractivity contribution in [3.05, 3.63) is 51.8 Å². The van der Waals surface area contributed by atoms with Gasteiger partial charge in [-0.3, -0.25) is 10.1 Å². The first-order chi connectivity index (χ1) is 13.0. The molecule has 0 spiro atoms. The van der Waals surface area contributed by atoms with Crippen LogP contribution in [-0.2, 0) is 10.3 Å². The van der Waals surface area contributed by atoms with Crippen molar-refractivity contribution in [2.24, 2.45) is 0 Å². The number of hydrogen-bond acceptors (Lipinski definition) is 5. The molecule has 1 N–H and O–H groups in total. The van der Waals surface area contributed by atoms with E-state index in [9.17, 15) is 23.7 Å². The van der Waals surface area contributed by atoms with Gasteiger partial charge in [0.2, 0.25) is 5.69 Å². The Morgan fingerprint density at radius 3 is 2.36 bits per heavy atom. The molecule has 10 heteroatoms. The number of carbonyl (C=O) groups is 1. The second-order valence-electron chi connectivity index (χ2n) is 7.66. The van der Waals surface area contributed by atoms with Crippen LogP contribution in [0.2, 0.25) is 0 Å². The molecule has 1 saturated carbocycles. The van der Waals surface area contributed by atoms with Crippen LogP contribution in [0.15, 0.2) is 30.5 Å². The van der Waals surface area contributed by atoms with Gasteiger partial charge in [0.1, 0.15) is 11.8 Å². The number of hydrogen-bond donors (Lipinski definition) is 1. The Bertz CT molecular complexity index is 899. The summed E-state index contributed by atoms with van der Waals surface area (Å²) in [4.78, 5) is 22.1. The highest BCUT2D eigenvalue weighted by atomic mass is 19.3. The van der Waals surface area contributed by atoms with Gasteiger partial charge in [0.25, 0.3) is 6.43 Å². The third-order valence-electron chi connectivity index (χ3n) is 4.30. The molecule has 150 valence electrons. The van der Waals surface area contributed by atoms with Crippen LogP contribution < -0.4 is 5.32 Å². The van der Waals surface area contributed by atoms with Crippen LogP contribution in [0.4, 0.5) is 19.3 Å². The average Bonchev–Trinajstić information content (AvgIpc) is 3.19. The normalized spacial score (nSPS) is 15.4. The minimum absolute atomic E-state index is 0.395. The Kier molecular flexibility index (Phi) is 4.82. The monoisotopic (exact) mass is 394 g/mol. The van der Waals surface area contributed by atoms with Gasteiger partial charge >= 0.3 is 11.8 Å². The number of alkyl carbamates (subject to hydrolysis) is 1. The van der Waals surface area contributed by atoms with Gasteiger partial charge in [-0.05, 0) is 51.3 Å². The zero-order valence-electron chi connectivity index (χ0n) is 15.6. The van der Waals surface area contributed by atoms with E-state index in [1.807, 2.05) is 0 Å². The molecule has 8 nitrogen and oxygen atoms in total. The number of ether oxygens (including phenoxy) is 1. The molecule has 1 aliphatic carbocycles. The molecule has 3 rings (SSSR count). The van der Waals surface area contributed by atoms with E-state index in [1.54, 1.807) is 45.0 Å². The summed E-state index contributed by atoms with van der Waals surface area (Å²) in [5, 5.41) is 17.4. The summed E-state index contributed by atoms with van der Waals surface area (Å²) in [5.41, 5.74) is -1.51. The zero-order chi connectivity index (χ0) is 20.7. The standard InChI is InChI=1S/C18H20F2N4O4/c1-17(2,3)28-16(25)21-18(8-9-18)11-4-6-12(7-5-11)23-10-13(24(26)27)14(22-23)15(19)20/h4-7,10,15H,8-9H2,1-3H3,(H,21,25). The molecule has 28 heavy (non-hydrogen) atoms. The Morgan fingerprint density at radius 2 is 1.93 bits per heavy atom. The Labute approximate surface area is 159 Å². The lowest BCUT2D eigenvalue weighted by Crippen LogP contribution is -2.39. The zero-order valence-corrected chi connectivity index (χ0v) is 15.6. The number of alkyl halides is 2. The number of carbonyl (C=O) groups excluding carboxylic acids is 1. The topological polar surface area (TPSA) is 99.3 Å². The van der Waals surface area contributed by atoms with Gasteiger partial charge in [0.05, 0.1) is 16.1 Å². The highest BCUT2D eigenvalue weighted by molar-refractivity contribution is 5.70. The van der Waals surface area contributed by atoms with E-state index in [4.69, 9.17) is 4.74 Å². The molecule has 1 fully saturated rings. The van der Waals surface area contributed by atoms with Gasteiger partial charge in [-0.2, -0.15) is 5.10 Å². The minimum Gasteiger partial charge on any atom is -0.444 e. The fourth-order valence-corrected chi connectivity index (χ4v) is 2.85. The quantitative estimate of drug-likeness (QED) is 0.604.